The summed E-state index contributed by atoms with van der Waals surface area (Å²) in [6.07, 6.45) is 1.69. The molecule has 0 fully saturated rings. The second kappa shape index (κ2) is 6.04. The van der Waals surface area contributed by atoms with Gasteiger partial charge in [-0.2, -0.15) is 5.11 Å². The number of aromatic hydroxyl groups is 1. The number of azo groups is 1. The molecule has 0 saturated carbocycles. The third-order valence-corrected chi connectivity index (χ3v) is 3.70. The summed E-state index contributed by atoms with van der Waals surface area (Å²) in [4.78, 5) is 4.34. The third-order valence-electron chi connectivity index (χ3n) is 3.70. The predicted octanol–water partition coefficient (Wildman–Crippen LogP) is 4.10. The minimum Gasteiger partial charge on any atom is -0.508 e. The lowest BCUT2D eigenvalue weighted by Gasteiger charge is -2.03. The van der Waals surface area contributed by atoms with Gasteiger partial charge in [-0.1, -0.05) is 30.3 Å². The summed E-state index contributed by atoms with van der Waals surface area (Å²) in [5, 5.41) is 22.0. The van der Waals surface area contributed by atoms with Crippen molar-refractivity contribution in [2.75, 3.05) is 5.73 Å². The van der Waals surface area contributed by atoms with Gasteiger partial charge in [0.2, 0.25) is 0 Å². The van der Waals surface area contributed by atoms with E-state index in [2.05, 4.69) is 20.3 Å². The van der Waals surface area contributed by atoms with Crippen molar-refractivity contribution in [1.82, 2.24) is 14.6 Å². The van der Waals surface area contributed by atoms with Gasteiger partial charge >= 0.3 is 0 Å². The maximum Gasteiger partial charge on any atom is 0.185 e. The number of aromatic nitrogens is 3. The molecule has 3 N–H and O–H groups in total. The topological polar surface area (TPSA) is 101 Å². The van der Waals surface area contributed by atoms with Crippen LogP contribution in [0.4, 0.5) is 17.2 Å². The van der Waals surface area contributed by atoms with Crippen LogP contribution < -0.4 is 5.73 Å². The quantitative estimate of drug-likeness (QED) is 0.552. The second-order valence-corrected chi connectivity index (χ2v) is 5.38. The standard InChI is InChI=1S/C18H14N6O/c19-17-16(22-21-13-6-8-14(25)9-7-13)18-20-11-10-15(24(18)23-17)12-4-2-1-3-5-12/h1-11,25H,(H2,19,23). The Balaban J connectivity index is 1.80. The maximum atomic E-state index is 9.32. The molecule has 0 bridgehead atoms. The minimum atomic E-state index is 0.170. The average molecular weight is 330 g/mol. The molecule has 25 heavy (non-hydrogen) atoms. The first-order valence-electron chi connectivity index (χ1n) is 7.62. The molecular formula is C18H14N6O. The molecule has 0 amide bonds. The molecule has 2 aromatic heterocycles. The summed E-state index contributed by atoms with van der Waals surface area (Å²) < 4.78 is 1.66. The Hall–Kier alpha value is -3.74. The molecule has 7 nitrogen and oxygen atoms in total. The van der Waals surface area contributed by atoms with E-state index < -0.39 is 0 Å². The van der Waals surface area contributed by atoms with Crippen molar-refractivity contribution in [2.24, 2.45) is 10.2 Å². The third kappa shape index (κ3) is 2.78. The summed E-state index contributed by atoms with van der Waals surface area (Å²) in [7, 11) is 0. The highest BCUT2D eigenvalue weighted by atomic mass is 16.3. The van der Waals surface area contributed by atoms with Crippen LogP contribution in [0, 0.1) is 0 Å². The molecule has 0 aliphatic heterocycles. The normalized spacial score (nSPS) is 11.4. The first-order valence-corrected chi connectivity index (χ1v) is 7.62. The molecule has 4 rings (SSSR count). The highest BCUT2D eigenvalue weighted by Gasteiger charge is 2.14. The Kier molecular flexibility index (Phi) is 3.59. The number of phenols is 1. The van der Waals surface area contributed by atoms with E-state index in [1.807, 2.05) is 36.4 Å². The summed E-state index contributed by atoms with van der Waals surface area (Å²) in [5.74, 6) is 0.419. The number of rotatable bonds is 3. The number of anilines is 1. The molecule has 4 aromatic rings. The van der Waals surface area contributed by atoms with Gasteiger partial charge in [-0.25, -0.2) is 9.50 Å². The summed E-state index contributed by atoms with van der Waals surface area (Å²) in [5.41, 5.74) is 9.42. The highest BCUT2D eigenvalue weighted by Crippen LogP contribution is 2.31. The van der Waals surface area contributed by atoms with E-state index >= 15 is 0 Å². The average Bonchev–Trinajstić information content (AvgIpc) is 2.97. The highest BCUT2D eigenvalue weighted by molar-refractivity contribution is 5.78. The van der Waals surface area contributed by atoms with Gasteiger partial charge in [0.1, 0.15) is 5.75 Å². The molecule has 0 aliphatic rings. The van der Waals surface area contributed by atoms with Crippen LogP contribution in [0.5, 0.6) is 5.75 Å². The molecule has 2 heterocycles. The van der Waals surface area contributed by atoms with Gasteiger partial charge < -0.3 is 10.8 Å². The Morgan fingerprint density at radius 1 is 0.920 bits per heavy atom. The lowest BCUT2D eigenvalue weighted by atomic mass is 10.1. The molecule has 0 aliphatic carbocycles. The van der Waals surface area contributed by atoms with Crippen LogP contribution in [0.15, 0.2) is 77.1 Å². The summed E-state index contributed by atoms with van der Waals surface area (Å²) in [6, 6.07) is 18.1. The predicted molar refractivity (Wildman–Crippen MR) is 95.1 cm³/mol. The molecule has 122 valence electrons. The first kappa shape index (κ1) is 14.8. The van der Waals surface area contributed by atoms with Gasteiger partial charge in [-0.05, 0) is 30.3 Å². The van der Waals surface area contributed by atoms with Gasteiger partial charge in [-0.15, -0.1) is 10.2 Å². The van der Waals surface area contributed by atoms with Crippen molar-refractivity contribution >= 4 is 22.8 Å². The van der Waals surface area contributed by atoms with Crippen LogP contribution in [0.1, 0.15) is 0 Å². The Labute approximate surface area is 143 Å². The van der Waals surface area contributed by atoms with Gasteiger partial charge in [0.15, 0.2) is 17.2 Å². The number of nitrogens with two attached hydrogens (primary N) is 1. The Morgan fingerprint density at radius 2 is 1.68 bits per heavy atom. The van der Waals surface area contributed by atoms with E-state index in [9.17, 15) is 5.11 Å². The largest absolute Gasteiger partial charge is 0.508 e. The van der Waals surface area contributed by atoms with E-state index in [-0.39, 0.29) is 11.6 Å². The zero-order chi connectivity index (χ0) is 17.2. The van der Waals surface area contributed by atoms with Crippen molar-refractivity contribution < 1.29 is 5.11 Å². The number of nitrogens with zero attached hydrogens (tertiary/aromatic N) is 5. The molecule has 0 spiro atoms. The van der Waals surface area contributed by atoms with Gasteiger partial charge in [0.25, 0.3) is 0 Å². The van der Waals surface area contributed by atoms with Crippen LogP contribution in [0.2, 0.25) is 0 Å². The number of nitrogen functional groups attached to an aromatic ring is 1. The van der Waals surface area contributed by atoms with Crippen LogP contribution in [-0.4, -0.2) is 19.7 Å². The maximum absolute atomic E-state index is 9.32. The SMILES string of the molecule is Nc1nn2c(-c3ccccc3)ccnc2c1N=Nc1ccc(O)cc1. The van der Waals surface area contributed by atoms with Crippen LogP contribution in [0.25, 0.3) is 16.9 Å². The number of hydrogen-bond acceptors (Lipinski definition) is 6. The van der Waals surface area contributed by atoms with Crippen LogP contribution in [0.3, 0.4) is 0 Å². The molecule has 0 radical (unpaired) electrons. The lowest BCUT2D eigenvalue weighted by molar-refractivity contribution is 0.475. The minimum absolute atomic E-state index is 0.170. The number of hydrogen-bond donors (Lipinski definition) is 2. The van der Waals surface area contributed by atoms with Crippen molar-refractivity contribution in [2.45, 2.75) is 0 Å². The molecule has 0 atom stereocenters. The molecule has 2 aromatic carbocycles. The van der Waals surface area contributed by atoms with E-state index in [4.69, 9.17) is 5.73 Å². The van der Waals surface area contributed by atoms with Crippen LogP contribution in [-0.2, 0) is 0 Å². The zero-order valence-corrected chi connectivity index (χ0v) is 13.1. The van der Waals surface area contributed by atoms with E-state index in [1.54, 1.807) is 35.0 Å². The fraction of sp³-hybridized carbons (Fsp3) is 0. The molecule has 0 saturated heterocycles. The van der Waals surface area contributed by atoms with Gasteiger partial charge in [0, 0.05) is 11.8 Å². The smallest absolute Gasteiger partial charge is 0.185 e. The molecular weight excluding hydrogens is 316 g/mol. The fourth-order valence-corrected chi connectivity index (χ4v) is 2.50. The van der Waals surface area contributed by atoms with Crippen molar-refractivity contribution in [3.8, 4) is 17.0 Å². The van der Waals surface area contributed by atoms with Crippen molar-refractivity contribution in [3.63, 3.8) is 0 Å². The van der Waals surface area contributed by atoms with Gasteiger partial charge in [-0.3, -0.25) is 0 Å². The van der Waals surface area contributed by atoms with Crippen LogP contribution >= 0.6 is 0 Å². The zero-order valence-electron chi connectivity index (χ0n) is 13.1. The lowest BCUT2D eigenvalue weighted by Crippen LogP contribution is -1.95. The van der Waals surface area contributed by atoms with Crippen molar-refractivity contribution in [3.05, 3.63) is 66.9 Å². The summed E-state index contributed by atoms with van der Waals surface area (Å²) >= 11 is 0. The first-order chi connectivity index (χ1) is 12.2. The summed E-state index contributed by atoms with van der Waals surface area (Å²) in [6.45, 7) is 0. The Morgan fingerprint density at radius 3 is 2.44 bits per heavy atom. The second-order valence-electron chi connectivity index (χ2n) is 5.38. The van der Waals surface area contributed by atoms with E-state index in [0.29, 0.717) is 17.0 Å². The number of benzene rings is 2. The number of fused-ring (bicyclic) bond motifs is 1. The van der Waals surface area contributed by atoms with E-state index in [0.717, 1.165) is 11.3 Å². The number of phenolic OH excluding ortho intramolecular Hbond substituents is 1. The molecule has 7 heteroatoms. The molecule has 0 unspecified atom stereocenters. The monoisotopic (exact) mass is 330 g/mol. The van der Waals surface area contributed by atoms with Crippen molar-refractivity contribution in [1.29, 1.82) is 0 Å². The fourth-order valence-electron chi connectivity index (χ4n) is 2.50. The Bertz CT molecular complexity index is 1050. The van der Waals surface area contributed by atoms with Gasteiger partial charge in [0.05, 0.1) is 11.4 Å². The van der Waals surface area contributed by atoms with E-state index in [1.165, 1.54) is 0 Å².